The Balaban J connectivity index is 1.21. The van der Waals surface area contributed by atoms with Crippen molar-refractivity contribution in [2.45, 2.75) is 49.1 Å². The van der Waals surface area contributed by atoms with E-state index in [9.17, 15) is 33.7 Å². The number of ether oxygens (including phenoxy) is 2. The number of fused-ring (bicyclic) bond motifs is 5. The van der Waals surface area contributed by atoms with E-state index in [0.717, 1.165) is 23.4 Å². The molecule has 0 amide bonds. The number of phosphoric ester groups is 1. The van der Waals surface area contributed by atoms with E-state index in [1.165, 1.54) is 10.9 Å². The normalized spacial score (nSPS) is 37.7. The highest BCUT2D eigenvalue weighted by atomic mass is 32.5. The molecule has 20 nitrogen and oxygen atoms in total. The van der Waals surface area contributed by atoms with Crippen molar-refractivity contribution < 1.29 is 56.5 Å². The highest BCUT2D eigenvalue weighted by molar-refractivity contribution is 8.07. The Morgan fingerprint density at radius 3 is 2.53 bits per heavy atom. The Hall–Kier alpha value is -2.82. The van der Waals surface area contributed by atoms with Crippen LogP contribution in [0.25, 0.3) is 22.2 Å². The van der Waals surface area contributed by atoms with Crippen LogP contribution in [-0.4, -0.2) is 104 Å². The lowest BCUT2D eigenvalue weighted by Gasteiger charge is -2.27. The van der Waals surface area contributed by atoms with E-state index in [4.69, 9.17) is 45.1 Å². The Morgan fingerprint density at radius 2 is 1.73 bits per heavy atom. The lowest BCUT2D eigenvalue weighted by Crippen LogP contribution is -2.36. The summed E-state index contributed by atoms with van der Waals surface area (Å²) in [5, 5.41) is 21.8. The van der Waals surface area contributed by atoms with Crippen LogP contribution in [0.3, 0.4) is 0 Å². The summed E-state index contributed by atoms with van der Waals surface area (Å²) in [6.45, 7) is -5.79. The van der Waals surface area contributed by atoms with Gasteiger partial charge in [0.05, 0.1) is 25.9 Å². The van der Waals surface area contributed by atoms with E-state index >= 15 is 0 Å². The third-order valence-electron chi connectivity index (χ3n) is 7.44. The first-order valence-electron chi connectivity index (χ1n) is 13.0. The highest BCUT2D eigenvalue weighted by Crippen LogP contribution is 2.54. The highest BCUT2D eigenvalue weighted by Gasteiger charge is 2.53. The van der Waals surface area contributed by atoms with Crippen LogP contribution in [0.1, 0.15) is 12.5 Å². The zero-order chi connectivity index (χ0) is 31.8. The molecule has 0 aliphatic carbocycles. The molecule has 4 aromatic rings. The molecule has 24 heteroatoms. The number of imidazole rings is 1. The van der Waals surface area contributed by atoms with Gasteiger partial charge in [0, 0.05) is 6.20 Å². The molecule has 4 aromatic heterocycles. The van der Waals surface area contributed by atoms with Crippen molar-refractivity contribution in [3.63, 3.8) is 0 Å². The average molecular weight is 692 g/mol. The first-order chi connectivity index (χ1) is 21.3. The summed E-state index contributed by atoms with van der Waals surface area (Å²) in [6.07, 6.45) is -7.87. The van der Waals surface area contributed by atoms with Crippen LogP contribution in [-0.2, 0) is 43.9 Å². The molecule has 242 valence electrons. The minimum Gasteiger partial charge on any atom is -0.387 e. The number of nitrogen functional groups attached to an aromatic ring is 1. The number of halogens is 1. The van der Waals surface area contributed by atoms with Crippen molar-refractivity contribution in [1.82, 2.24) is 34.1 Å². The van der Waals surface area contributed by atoms with Crippen LogP contribution in [0.15, 0.2) is 30.0 Å². The summed E-state index contributed by atoms with van der Waals surface area (Å²) in [7, 11) is -5.05. The molecule has 7 rings (SSSR count). The van der Waals surface area contributed by atoms with Crippen molar-refractivity contribution >= 4 is 54.4 Å². The summed E-state index contributed by atoms with van der Waals surface area (Å²) < 4.78 is 63.4. The Morgan fingerprint density at radius 1 is 0.978 bits per heavy atom. The molecular weight excluding hydrogens is 669 g/mol. The van der Waals surface area contributed by atoms with Gasteiger partial charge in [-0.05, 0) is 11.8 Å². The number of aromatic nitrogens is 7. The number of aliphatic hydroxyl groups is 2. The first kappa shape index (κ1) is 30.8. The van der Waals surface area contributed by atoms with Gasteiger partial charge in [0.2, 0.25) is 0 Å². The predicted octanol–water partition coefficient (Wildman–Crippen LogP) is -1.06. The van der Waals surface area contributed by atoms with Gasteiger partial charge in [0.25, 0.3) is 5.56 Å². The lowest BCUT2D eigenvalue weighted by molar-refractivity contribution is -0.0635. The first-order valence-corrected chi connectivity index (χ1v) is 17.1. The van der Waals surface area contributed by atoms with Crippen molar-refractivity contribution in [2.24, 2.45) is 0 Å². The fourth-order valence-corrected chi connectivity index (χ4v) is 7.79. The topological polar surface area (TPSA) is 274 Å². The van der Waals surface area contributed by atoms with Crippen LogP contribution in [0.2, 0.25) is 0 Å². The summed E-state index contributed by atoms with van der Waals surface area (Å²) >= 11 is 5.18. The molecule has 3 aliphatic heterocycles. The van der Waals surface area contributed by atoms with Gasteiger partial charge < -0.3 is 49.3 Å². The summed E-state index contributed by atoms with van der Waals surface area (Å²) in [4.78, 5) is 52.1. The number of nitrogens with one attached hydrogen (secondary N) is 1. The number of hydrogen-bond acceptors (Lipinski definition) is 16. The van der Waals surface area contributed by atoms with Crippen molar-refractivity contribution in [3.8, 4) is 0 Å². The molecule has 3 fully saturated rings. The van der Waals surface area contributed by atoms with Crippen molar-refractivity contribution in [3.05, 3.63) is 41.3 Å². The van der Waals surface area contributed by atoms with Gasteiger partial charge in [-0.2, -0.15) is 0 Å². The lowest BCUT2D eigenvalue weighted by atomic mass is 10.1. The minimum absolute atomic E-state index is 0.0512. The second-order valence-electron chi connectivity index (χ2n) is 10.2. The maximum atomic E-state index is 14.8. The van der Waals surface area contributed by atoms with E-state index in [-0.39, 0.29) is 22.6 Å². The Bertz CT molecular complexity index is 1940. The third-order valence-corrected chi connectivity index (χ3v) is 9.99. The summed E-state index contributed by atoms with van der Waals surface area (Å²) in [6, 6.07) is 0. The standard InChI is InChI=1S/C21H23FN8O12P2S/c22-7-1-29(17-10(7)19(33)27-5-25-17)21-15-12(31)8(39-21)2-37-43(34,35)41-14-9(3-38-44(36,45)42-15)40-20(13(14)32)30-6-28-11-16(23)24-4-26-18(11)30/h1,4-6,8-9,12-15,20-21,31-32H,2-3H2,(H,34,35)(H,36,45)(H2,23,24,26)(H,25,27,33)/t8-,9-,12-,13-,14-,15-,20-,21-,44?/m1/s1. The third kappa shape index (κ3) is 5.40. The quantitative estimate of drug-likeness (QED) is 0.137. The van der Waals surface area contributed by atoms with Gasteiger partial charge in [-0.15, -0.1) is 0 Å². The predicted molar refractivity (Wildman–Crippen MR) is 148 cm³/mol. The number of nitrogens with two attached hydrogens (primary N) is 1. The van der Waals surface area contributed by atoms with Crippen molar-refractivity contribution in [1.29, 1.82) is 0 Å². The SMILES string of the molecule is Nc1ncnc2c1ncn2[C@@H]1O[C@@H]2COP(O)(=S)O[C@@H]3[C@H](O)[C@@H](COP(=O)(O)O[C@H]2[C@H]1O)O[C@H]3n1cc(F)c2c(=O)[nH]cnc21. The number of aliphatic hydroxyl groups excluding tert-OH is 2. The summed E-state index contributed by atoms with van der Waals surface area (Å²) in [5.74, 6) is -0.925. The van der Waals surface area contributed by atoms with Gasteiger partial charge in [0.15, 0.2) is 35.4 Å². The second kappa shape index (κ2) is 11.2. The molecule has 10 atom stereocenters. The number of rotatable bonds is 2. The van der Waals surface area contributed by atoms with Gasteiger partial charge >= 0.3 is 14.5 Å². The fraction of sp³-hybridized carbons (Fsp3) is 0.476. The second-order valence-corrected chi connectivity index (χ2v) is 14.4. The zero-order valence-electron chi connectivity index (χ0n) is 22.3. The Kier molecular flexibility index (Phi) is 7.64. The van der Waals surface area contributed by atoms with Gasteiger partial charge in [-0.25, -0.2) is 28.9 Å². The minimum atomic E-state index is -5.05. The van der Waals surface area contributed by atoms with E-state index in [1.54, 1.807) is 0 Å². The Labute approximate surface area is 254 Å². The molecule has 0 aromatic carbocycles. The number of hydrogen-bond donors (Lipinski definition) is 6. The summed E-state index contributed by atoms with van der Waals surface area (Å²) in [5.41, 5.74) is 5.21. The maximum absolute atomic E-state index is 14.8. The fourth-order valence-electron chi connectivity index (χ4n) is 5.41. The molecule has 0 radical (unpaired) electrons. The monoisotopic (exact) mass is 692 g/mol. The van der Waals surface area contributed by atoms with Crippen LogP contribution < -0.4 is 11.3 Å². The molecule has 2 bridgehead atoms. The molecule has 0 spiro atoms. The van der Waals surface area contributed by atoms with Crippen molar-refractivity contribution in [2.75, 3.05) is 18.9 Å². The van der Waals surface area contributed by atoms with Crippen LogP contribution in [0, 0.1) is 5.82 Å². The molecule has 0 saturated carbocycles. The molecule has 45 heavy (non-hydrogen) atoms. The van der Waals surface area contributed by atoms with E-state index in [0.29, 0.717) is 0 Å². The molecule has 2 unspecified atom stereocenters. The zero-order valence-corrected chi connectivity index (χ0v) is 24.9. The number of phosphoric acid groups is 1. The maximum Gasteiger partial charge on any atom is 0.472 e. The van der Waals surface area contributed by atoms with E-state index in [1.807, 2.05) is 0 Å². The number of H-pyrrole nitrogens is 1. The van der Waals surface area contributed by atoms with Gasteiger partial charge in [-0.3, -0.25) is 22.9 Å². The van der Waals surface area contributed by atoms with Gasteiger partial charge in [0.1, 0.15) is 53.9 Å². The molecule has 3 aliphatic rings. The average Bonchev–Trinajstić information content (AvgIpc) is 3.71. The molecular formula is C21H23FN8O12P2S. The van der Waals surface area contributed by atoms with Gasteiger partial charge in [-0.1, -0.05) is 0 Å². The smallest absolute Gasteiger partial charge is 0.387 e. The molecule has 7 N–H and O–H groups in total. The number of nitrogens with zero attached hydrogens (tertiary/aromatic N) is 6. The number of aromatic amines is 1. The van der Waals surface area contributed by atoms with E-state index < -0.39 is 93.6 Å². The molecule has 3 saturated heterocycles. The van der Waals surface area contributed by atoms with E-state index in [2.05, 4.69) is 24.9 Å². The number of anilines is 1. The van der Waals surface area contributed by atoms with Crippen LogP contribution in [0.5, 0.6) is 0 Å². The molecule has 7 heterocycles. The van der Waals surface area contributed by atoms with Crippen LogP contribution >= 0.6 is 14.5 Å². The largest absolute Gasteiger partial charge is 0.472 e. The van der Waals surface area contributed by atoms with Crippen LogP contribution in [0.4, 0.5) is 10.2 Å².